The molecule has 0 spiro atoms. The Kier molecular flexibility index (Phi) is 51.7. The predicted octanol–water partition coefficient (Wildman–Crippen LogP) is 5.05. The van der Waals surface area contributed by atoms with Crippen LogP contribution in [-0.2, 0) is 143 Å². The van der Waals surface area contributed by atoms with E-state index in [9.17, 15) is 97.1 Å². The van der Waals surface area contributed by atoms with Crippen molar-refractivity contribution in [2.45, 2.75) is 320 Å². The van der Waals surface area contributed by atoms with Crippen molar-refractivity contribution in [2.24, 2.45) is 0 Å². The molecule has 0 aliphatic heterocycles. The van der Waals surface area contributed by atoms with Crippen molar-refractivity contribution in [3.63, 3.8) is 0 Å². The van der Waals surface area contributed by atoms with Crippen molar-refractivity contribution in [2.75, 3.05) is 157 Å². The van der Waals surface area contributed by atoms with E-state index in [-0.39, 0.29) is 52.4 Å². The molecule has 0 aliphatic rings. The summed E-state index contributed by atoms with van der Waals surface area (Å²) in [5.74, 6) is -19.9. The summed E-state index contributed by atoms with van der Waals surface area (Å²) in [6.07, 6.45) is -4.69. The van der Waals surface area contributed by atoms with Gasteiger partial charge in [0.05, 0.1) is 78.5 Å². The van der Waals surface area contributed by atoms with Crippen LogP contribution in [0.4, 0.5) is 0 Å². The molecule has 4 N–H and O–H groups in total. The quantitative estimate of drug-likeness (QED) is 0.0352. The Morgan fingerprint density at radius 3 is 0.478 bits per heavy atom. The second-order valence-electron chi connectivity index (χ2n) is 42.5. The van der Waals surface area contributed by atoms with Gasteiger partial charge in [0.2, 0.25) is 0 Å². The molecule has 0 aromatic rings. The average Bonchev–Trinajstić information content (AvgIpc) is 0.854. The predicted molar refractivity (Wildman–Crippen MR) is 484 cm³/mol. The van der Waals surface area contributed by atoms with Gasteiger partial charge in [0, 0.05) is 97.8 Å². The summed E-state index contributed by atoms with van der Waals surface area (Å²) in [7, 11) is 0. The van der Waals surface area contributed by atoms with Crippen molar-refractivity contribution in [1.82, 2.24) is 44.1 Å². The summed E-state index contributed by atoms with van der Waals surface area (Å²) in [6, 6.07) is -5.10. The summed E-state index contributed by atoms with van der Waals surface area (Å²) < 4.78 is 68.0. The molecule has 3 atom stereocenters. The molecule has 0 saturated carbocycles. The number of hydrogen-bond acceptors (Lipinski definition) is 39. The van der Waals surface area contributed by atoms with Crippen LogP contribution in [-0.4, -0.2) is 403 Å². The molecule has 0 aliphatic carbocycles. The number of rotatable bonds is 57. The van der Waals surface area contributed by atoms with Gasteiger partial charge < -0.3 is 77.3 Å². The molecule has 0 unspecified atom stereocenters. The Balaban J connectivity index is 8.97. The van der Waals surface area contributed by atoms with Gasteiger partial charge in [-0.15, -0.1) is 0 Å². The van der Waals surface area contributed by atoms with E-state index in [0.717, 1.165) is 14.7 Å². The van der Waals surface area contributed by atoms with Crippen molar-refractivity contribution in [3.8, 4) is 0 Å². The Hall–Kier alpha value is -9.50. The molecule has 0 saturated heterocycles. The molecule has 43 nitrogen and oxygen atoms in total. The zero-order valence-corrected chi connectivity index (χ0v) is 85.0. The average molecular weight is 1920 g/mol. The van der Waals surface area contributed by atoms with Crippen molar-refractivity contribution < 1.29 is 164 Å². The summed E-state index contributed by atoms with van der Waals surface area (Å²) in [6.45, 7) is 35.8. The lowest BCUT2D eigenvalue weighted by molar-refractivity contribution is -0.168. The number of carboxylic acids is 4. The minimum atomic E-state index is -1.98. The first kappa shape index (κ1) is 124. The Morgan fingerprint density at radius 1 is 0.187 bits per heavy atom. The molecule has 0 fully saturated rings. The molecule has 0 amide bonds. The Morgan fingerprint density at radius 2 is 0.328 bits per heavy atom. The van der Waals surface area contributed by atoms with Gasteiger partial charge in [-0.05, 0) is 227 Å². The lowest BCUT2D eigenvalue weighted by Crippen LogP contribution is -2.52. The molecule has 0 heterocycles. The van der Waals surface area contributed by atoms with Gasteiger partial charge in [-0.1, -0.05) is 0 Å². The molecule has 0 radical (unpaired) electrons. The fraction of sp³-hybridized carbons (Fsp3) is 0.802. The molecule has 134 heavy (non-hydrogen) atoms. The Bertz CT molecular complexity index is 3570. The van der Waals surface area contributed by atoms with Crippen LogP contribution in [0.15, 0.2) is 0 Å². The monoisotopic (exact) mass is 1920 g/mol. The Labute approximate surface area is 789 Å². The van der Waals surface area contributed by atoms with Crippen LogP contribution in [0, 0.1) is 0 Å². The maximum atomic E-state index is 15.3. The summed E-state index contributed by atoms with van der Waals surface area (Å²) in [4.78, 5) is 258. The van der Waals surface area contributed by atoms with E-state index >= 15 is 9.59 Å². The highest BCUT2D eigenvalue weighted by molar-refractivity contribution is 5.90. The zero-order chi connectivity index (χ0) is 104. The SMILES string of the molecule is CC(C)(C)OC(=O)CN(CCN(CCN(CC(=O)OC(C)(C)C)CC(=O)OC(C)(C)C)[C@@H](CCC(=O)OC(=O)CC[C@@H](C(=O)OC(=O)CC[C@@H](C(=O)OC(C)(C)C)N(CCN(CC(=O)OC(C)(C)C)CC(=O)OC(C)(C)C)CCN(CC(=O)OC(C)(C)C)CC(=O)OC(C)(C)C)N(CCN(CC(=O)O)CC(=O)O)CCN(CC(=O)O)CC(=O)O)C(=O)OC(C)(C)C)CC(=O)OC(C)(C)C. The van der Waals surface area contributed by atoms with Crippen LogP contribution in [0.1, 0.15) is 246 Å². The topological polar surface area (TPSA) is 528 Å². The van der Waals surface area contributed by atoms with Crippen LogP contribution in [0.3, 0.4) is 0 Å². The third-order valence-electron chi connectivity index (χ3n) is 17.1. The second-order valence-corrected chi connectivity index (χ2v) is 42.5. The molecular weight excluding hydrogens is 1760 g/mol. The maximum Gasteiger partial charge on any atom is 0.331 e. The summed E-state index contributed by atoms with van der Waals surface area (Å²) in [5.41, 5.74) is -10.6. The minimum absolute atomic E-state index is 0.234. The molecule has 0 aromatic carbocycles. The third-order valence-corrected chi connectivity index (χ3v) is 17.1. The maximum absolute atomic E-state index is 15.3. The van der Waals surface area contributed by atoms with Crippen LogP contribution in [0.5, 0.6) is 0 Å². The fourth-order valence-electron chi connectivity index (χ4n) is 12.7. The molecule has 770 valence electrons. The van der Waals surface area contributed by atoms with Crippen molar-refractivity contribution >= 4 is 107 Å². The highest BCUT2D eigenvalue weighted by atomic mass is 16.6. The fourth-order valence-corrected chi connectivity index (χ4v) is 12.7. The first-order valence-electron chi connectivity index (χ1n) is 44.7. The van der Waals surface area contributed by atoms with Crippen molar-refractivity contribution in [3.05, 3.63) is 0 Å². The standard InChI is InChI=1S/C91H157N9O34/c1-82(2,3)125-71(112)53-94(54-72(113)126-83(4,5)6)39-45-99(46-40-95(55-73(114)127-84(7,8)9)56-74(115)128-85(10,11)12)62(80(121)133-90(25,26)27)32-35-69(110)123-68(109)34-31-61(98(43-37-92(49-64(101)102)50-65(103)104)44-38-93(51-66(105)106)52-67(107)108)79(120)124-70(111)36-33-63(81(122)134-91(28,29)30)100(47-41-96(57-75(116)129-86(13,14)15)58-76(117)130-87(16,17)18)48-42-97(59-77(118)131-88(19,20)21)60-78(119)132-89(22,23)24/h61-63H,31-60H2,1-30H3,(H,101,102)(H,103,104)(H,105,106)(H,107,108)/t61-,62-,63-/m0/s1. The van der Waals surface area contributed by atoms with Gasteiger partial charge in [-0.25, -0.2) is 4.79 Å². The van der Waals surface area contributed by atoms with E-state index in [1.54, 1.807) is 187 Å². The van der Waals surface area contributed by atoms with E-state index in [4.69, 9.17) is 56.8 Å². The molecule has 0 bridgehead atoms. The van der Waals surface area contributed by atoms with E-state index < -0.39 is 325 Å². The lowest BCUT2D eigenvalue weighted by atomic mass is 10.1. The van der Waals surface area contributed by atoms with Gasteiger partial charge in [0.1, 0.15) is 74.1 Å². The number of carboxylic acid groups (broad SMARTS) is 4. The zero-order valence-electron chi connectivity index (χ0n) is 85.0. The highest BCUT2D eigenvalue weighted by Crippen LogP contribution is 2.24. The molecular formula is C91H157N9O34. The number of aliphatic carboxylic acids is 4. The van der Waals surface area contributed by atoms with Crippen LogP contribution in [0.2, 0.25) is 0 Å². The highest BCUT2D eigenvalue weighted by Gasteiger charge is 2.40. The van der Waals surface area contributed by atoms with Crippen molar-refractivity contribution in [1.29, 1.82) is 0 Å². The first-order chi connectivity index (χ1) is 60.6. The number of carbonyl (C=O) groups is 18. The second kappa shape index (κ2) is 55.6. The van der Waals surface area contributed by atoms with E-state index in [2.05, 4.69) is 0 Å². The van der Waals surface area contributed by atoms with Crippen LogP contribution in [0.25, 0.3) is 0 Å². The number of esters is 14. The summed E-state index contributed by atoms with van der Waals surface area (Å²) in [5, 5.41) is 39.7. The number of ether oxygens (including phenoxy) is 12. The molecule has 0 aromatic heterocycles. The van der Waals surface area contributed by atoms with Gasteiger partial charge >= 0.3 is 107 Å². The number of carbonyl (C=O) groups excluding carboxylic acids is 14. The van der Waals surface area contributed by atoms with Gasteiger partial charge in [0.15, 0.2) is 0 Å². The van der Waals surface area contributed by atoms with Crippen LogP contribution < -0.4 is 0 Å². The largest absolute Gasteiger partial charge is 0.480 e. The van der Waals surface area contributed by atoms with Crippen LogP contribution >= 0.6 is 0 Å². The smallest absolute Gasteiger partial charge is 0.331 e. The lowest BCUT2D eigenvalue weighted by Gasteiger charge is -2.35. The van der Waals surface area contributed by atoms with Gasteiger partial charge in [0.25, 0.3) is 0 Å². The van der Waals surface area contributed by atoms with E-state index in [0.29, 0.717) is 0 Å². The molecule has 0 rings (SSSR count). The number of nitrogens with zero attached hydrogens (tertiary/aromatic N) is 9. The normalized spacial score (nSPS) is 13.4. The van der Waals surface area contributed by atoms with Gasteiger partial charge in [-0.3, -0.25) is 126 Å². The van der Waals surface area contributed by atoms with E-state index in [1.165, 1.54) is 50.2 Å². The third kappa shape index (κ3) is 66.0. The number of hydrogen-bond donors (Lipinski definition) is 4. The van der Waals surface area contributed by atoms with Gasteiger partial charge in [-0.2, -0.15) is 0 Å². The minimum Gasteiger partial charge on any atom is -0.480 e. The van der Waals surface area contributed by atoms with E-state index in [1.807, 2.05) is 0 Å². The summed E-state index contributed by atoms with van der Waals surface area (Å²) >= 11 is 0. The molecule has 43 heteroatoms. The first-order valence-corrected chi connectivity index (χ1v) is 44.7.